The molecule has 0 atom stereocenters. The fourth-order valence-corrected chi connectivity index (χ4v) is 9.11. The third-order valence-corrected chi connectivity index (χ3v) is 13.6. The molecule has 4 N–H and O–H groups in total. The van der Waals surface area contributed by atoms with Crippen LogP contribution < -0.4 is 40.2 Å². The van der Waals surface area contributed by atoms with Crippen molar-refractivity contribution in [2.75, 3.05) is 105 Å². The second-order valence-corrected chi connectivity index (χ2v) is 21.0. The maximum absolute atomic E-state index is 12.9. The number of benzene rings is 6. The average molecular weight is 1300 g/mol. The fourth-order valence-electron chi connectivity index (χ4n) is 9.11. The van der Waals surface area contributed by atoms with Crippen LogP contribution in [0, 0.1) is 0 Å². The number of esters is 4. The largest absolute Gasteiger partial charge is 0.490 e. The lowest BCUT2D eigenvalue weighted by molar-refractivity contribution is -0.139. The molecule has 0 bridgehead atoms. The highest BCUT2D eigenvalue weighted by Crippen LogP contribution is 2.52. The number of carbonyl (C=O) groups is 8. The van der Waals surface area contributed by atoms with Gasteiger partial charge in [-0.15, -0.1) is 0 Å². The van der Waals surface area contributed by atoms with Crippen molar-refractivity contribution in [2.24, 2.45) is 0 Å². The molecule has 0 fully saturated rings. The third-order valence-electron chi connectivity index (χ3n) is 13.6. The molecule has 94 heavy (non-hydrogen) atoms. The Kier molecular flexibility index (Phi) is 28.1. The zero-order valence-electron chi connectivity index (χ0n) is 53.3. The Labute approximate surface area is 544 Å². The number of rotatable bonds is 36. The number of fused-ring (bicyclic) bond motifs is 2. The summed E-state index contributed by atoms with van der Waals surface area (Å²) in [5.74, 6) is -0.769. The molecule has 498 valence electrons. The number of ether oxygens (including phenoxy) is 12. The van der Waals surface area contributed by atoms with E-state index in [4.69, 9.17) is 56.8 Å². The van der Waals surface area contributed by atoms with E-state index in [1.54, 1.807) is 24.3 Å². The molecule has 0 aromatic heterocycles. The molecular weight excluding hydrogens is 1220 g/mol. The molecule has 0 unspecified atom stereocenters. The molecule has 0 radical (unpaired) electrons. The van der Waals surface area contributed by atoms with E-state index in [1.807, 2.05) is 97.9 Å². The van der Waals surface area contributed by atoms with Crippen LogP contribution in [-0.2, 0) is 62.5 Å². The standard InChI is InChI=1S/C70H78N4O20/c1-45(2)62(75)87-31-27-71-66(79)91-39-35-83-54-21-23-56-51(43-54)17-25-58(85-37-41-93-68(81)73-29-33-89-64(77)47(5)6)60(56)70(9,53-19-15-50(16-20-53)49-13-11-10-12-14-49)61-57-24-22-55(84-36-40-92-67(80)72-28-32-88-63(76)46(3)4)44-52(57)18-26-59(61)86-38-42-94-69(82)74-30-34-90-65(78)48(7)8/h10-26,43-44H,1,3,5,7,27-42H2,2,4,6,8-9H3,(H,71,79)(H,72,80)(H,73,81)(H,74,82). The van der Waals surface area contributed by atoms with Gasteiger partial charge in [0, 0.05) is 33.4 Å². The summed E-state index contributed by atoms with van der Waals surface area (Å²) in [7, 11) is 0. The lowest BCUT2D eigenvalue weighted by atomic mass is 9.67. The van der Waals surface area contributed by atoms with Gasteiger partial charge in [0.25, 0.3) is 0 Å². The summed E-state index contributed by atoms with van der Waals surface area (Å²) in [4.78, 5) is 97.9. The van der Waals surface area contributed by atoms with Crippen molar-refractivity contribution >= 4 is 69.8 Å². The first-order chi connectivity index (χ1) is 45.2. The molecule has 24 nitrogen and oxygen atoms in total. The Morgan fingerprint density at radius 2 is 0.670 bits per heavy atom. The molecule has 0 aliphatic heterocycles. The molecule has 4 amide bonds. The van der Waals surface area contributed by atoms with Gasteiger partial charge in [0.1, 0.15) is 102 Å². The maximum atomic E-state index is 12.9. The van der Waals surface area contributed by atoms with Crippen LogP contribution in [-0.4, -0.2) is 154 Å². The van der Waals surface area contributed by atoms with Crippen LogP contribution in [0.1, 0.15) is 51.3 Å². The molecule has 0 aliphatic carbocycles. The predicted molar refractivity (Wildman–Crippen MR) is 348 cm³/mol. The van der Waals surface area contributed by atoms with Crippen molar-refractivity contribution in [1.82, 2.24) is 21.3 Å². The topological polar surface area (TPSA) is 295 Å². The third kappa shape index (κ3) is 22.1. The smallest absolute Gasteiger partial charge is 0.407 e. The number of hydrogen-bond acceptors (Lipinski definition) is 20. The minimum atomic E-state index is -1.29. The Morgan fingerprint density at radius 1 is 0.351 bits per heavy atom. The SMILES string of the molecule is C=C(C)C(=O)OCCNC(=O)OCCOc1ccc2c(C(C)(c3ccc(-c4ccccc4)cc3)c3c(OCCOC(=O)NCCOC(=O)C(=C)C)ccc4cc(OCCOC(=O)NCCOC(=O)C(=C)C)ccc34)c(OCCOC(=O)NCCOC(=O)C(=C)C)ccc2c1. The van der Waals surface area contributed by atoms with Gasteiger partial charge in [0.15, 0.2) is 0 Å². The predicted octanol–water partition coefficient (Wildman–Crippen LogP) is 9.91. The number of carbonyl (C=O) groups excluding carboxylic acids is 8. The molecule has 0 heterocycles. The highest BCUT2D eigenvalue weighted by atomic mass is 16.6. The highest BCUT2D eigenvalue weighted by molar-refractivity contribution is 5.96. The first-order valence-corrected chi connectivity index (χ1v) is 29.9. The minimum absolute atomic E-state index is 0.0143. The number of hydrogen-bond donors (Lipinski definition) is 4. The van der Waals surface area contributed by atoms with Crippen LogP contribution in [0.3, 0.4) is 0 Å². The normalized spacial score (nSPS) is 10.7. The van der Waals surface area contributed by atoms with E-state index in [0.717, 1.165) is 16.7 Å². The van der Waals surface area contributed by atoms with Gasteiger partial charge >= 0.3 is 48.3 Å². The Bertz CT molecular complexity index is 3500. The van der Waals surface area contributed by atoms with Crippen LogP contribution >= 0.6 is 0 Å². The summed E-state index contributed by atoms with van der Waals surface area (Å²) in [6.45, 7) is 20.8. The summed E-state index contributed by atoms with van der Waals surface area (Å²) in [6.07, 6.45) is -3.04. The minimum Gasteiger partial charge on any atom is -0.490 e. The molecule has 0 spiro atoms. The number of amides is 4. The van der Waals surface area contributed by atoms with Crippen molar-refractivity contribution < 1.29 is 95.2 Å². The Hall–Kier alpha value is -11.0. The van der Waals surface area contributed by atoms with Crippen molar-refractivity contribution in [2.45, 2.75) is 40.0 Å². The molecule has 0 saturated heterocycles. The fraction of sp³-hybridized carbons (Fsp3) is 0.314. The van der Waals surface area contributed by atoms with E-state index in [-0.39, 0.29) is 128 Å². The van der Waals surface area contributed by atoms with Crippen molar-refractivity contribution in [1.29, 1.82) is 0 Å². The first kappa shape index (κ1) is 72.0. The van der Waals surface area contributed by atoms with E-state index in [0.29, 0.717) is 55.7 Å². The monoisotopic (exact) mass is 1290 g/mol. The molecule has 0 aliphatic rings. The molecule has 6 rings (SSSR count). The lowest BCUT2D eigenvalue weighted by Crippen LogP contribution is -2.31. The van der Waals surface area contributed by atoms with Gasteiger partial charge in [-0.3, -0.25) is 0 Å². The molecular formula is C70H78N4O20. The van der Waals surface area contributed by atoms with Gasteiger partial charge < -0.3 is 78.1 Å². The molecule has 24 heteroatoms. The summed E-state index contributed by atoms with van der Waals surface area (Å²) in [6, 6.07) is 36.1. The van der Waals surface area contributed by atoms with Crippen LogP contribution in [0.4, 0.5) is 19.2 Å². The van der Waals surface area contributed by atoms with Gasteiger partial charge in [-0.2, -0.15) is 0 Å². The average Bonchev–Trinajstić information content (AvgIpc) is 0.719. The zero-order chi connectivity index (χ0) is 68.0. The van der Waals surface area contributed by atoms with Crippen molar-refractivity contribution in [3.63, 3.8) is 0 Å². The second-order valence-electron chi connectivity index (χ2n) is 21.0. The summed E-state index contributed by atoms with van der Waals surface area (Å²) in [5.41, 5.74) is 3.45. The maximum Gasteiger partial charge on any atom is 0.407 e. The first-order valence-electron chi connectivity index (χ1n) is 29.9. The van der Waals surface area contributed by atoms with Gasteiger partial charge in [-0.25, -0.2) is 38.4 Å². The van der Waals surface area contributed by atoms with E-state index in [2.05, 4.69) is 47.6 Å². The van der Waals surface area contributed by atoms with Crippen molar-refractivity contribution in [3.8, 4) is 34.1 Å². The van der Waals surface area contributed by atoms with Crippen molar-refractivity contribution in [3.05, 3.63) is 181 Å². The van der Waals surface area contributed by atoms with Crippen LogP contribution in [0.15, 0.2) is 164 Å². The van der Waals surface area contributed by atoms with E-state index in [1.165, 1.54) is 27.7 Å². The van der Waals surface area contributed by atoms with E-state index >= 15 is 0 Å². The second kappa shape index (κ2) is 36.7. The van der Waals surface area contributed by atoms with E-state index < -0.39 is 53.7 Å². The van der Waals surface area contributed by atoms with Gasteiger partial charge in [0.2, 0.25) is 0 Å². The van der Waals surface area contributed by atoms with Gasteiger partial charge in [0.05, 0.1) is 31.6 Å². The highest BCUT2D eigenvalue weighted by Gasteiger charge is 2.40. The number of nitrogens with one attached hydrogen (secondary N) is 4. The van der Waals surface area contributed by atoms with Crippen LogP contribution in [0.2, 0.25) is 0 Å². The zero-order valence-corrected chi connectivity index (χ0v) is 53.3. The molecule has 6 aromatic carbocycles. The van der Waals surface area contributed by atoms with Gasteiger partial charge in [-0.05, 0) is 109 Å². The summed E-state index contributed by atoms with van der Waals surface area (Å²) >= 11 is 0. The Balaban J connectivity index is 1.40. The van der Waals surface area contributed by atoms with E-state index in [9.17, 15) is 38.4 Å². The van der Waals surface area contributed by atoms with Crippen LogP contribution in [0.5, 0.6) is 23.0 Å². The quantitative estimate of drug-likeness (QED) is 0.00935. The molecule has 6 aromatic rings. The molecule has 0 saturated carbocycles. The number of alkyl carbamates (subject to hydrolysis) is 4. The van der Waals surface area contributed by atoms with Gasteiger partial charge in [-0.1, -0.05) is 105 Å². The summed E-state index contributed by atoms with van der Waals surface area (Å²) in [5, 5.41) is 12.9. The Morgan fingerprint density at radius 3 is 1.00 bits per heavy atom. The van der Waals surface area contributed by atoms with Crippen LogP contribution in [0.25, 0.3) is 32.7 Å². The summed E-state index contributed by atoms with van der Waals surface area (Å²) < 4.78 is 67.5. The lowest BCUT2D eigenvalue weighted by Gasteiger charge is -2.36.